The standard InChI is InChI=1S/C14H13ClN6O5S3.C13H11ClN6O3S2.C12H9ClN6OS.CH3ClO2S.CH4O.H3N/c1-7(22)18-14-19-9-6-17-12(20-13(9)27-14)8-4-10(11(15)16-5-8)21(28(2,23)24)29(3,25)26;1-6(21)17-13-18-9-5-16-11(19-12(9)24-13)7-3-8(10(14)15-4-7)20-25(2,22)23;1-5(20)17-12-18-8-4-16-10(19-11(8)21-12)6-2-7(14)9(13)15-3-6;1-5(2,3)4;1-2;/h4-6H,1-3H3,(H,18,19,22);3-5,20H,1-2H3,(H,17,18,21);2-4H,14H2,1H3,(H,17,18,20);1H3;2H,1H3;1H3. The van der Waals surface area contributed by atoms with Crippen LogP contribution in [0.25, 0.3) is 65.2 Å². The van der Waals surface area contributed by atoms with Gasteiger partial charge in [-0.1, -0.05) is 68.8 Å². The van der Waals surface area contributed by atoms with Crippen LogP contribution in [-0.4, -0.2) is 148 Å². The molecule has 0 aromatic carbocycles. The molecule has 0 atom stereocenters. The Labute approximate surface area is 503 Å². The Morgan fingerprint density at radius 2 is 0.843 bits per heavy atom. The second kappa shape index (κ2) is 28.6. The van der Waals surface area contributed by atoms with E-state index in [1.54, 1.807) is 18.5 Å². The molecule has 0 spiro atoms. The lowest BCUT2D eigenvalue weighted by Crippen LogP contribution is -2.35. The number of amides is 3. The number of aliphatic hydroxyl groups is 1. The minimum atomic E-state index is -4.21. The number of rotatable bonds is 11. The largest absolute Gasteiger partial charge is 0.400 e. The molecule has 444 valence electrons. The number of halogens is 4. The lowest BCUT2D eigenvalue weighted by Gasteiger charge is -2.20. The van der Waals surface area contributed by atoms with Crippen LogP contribution >= 0.6 is 79.5 Å². The number of hydrogen-bond donors (Lipinski definition) is 7. The lowest BCUT2D eigenvalue weighted by molar-refractivity contribution is -0.115. The number of nitrogens with two attached hydrogens (primary N) is 1. The van der Waals surface area contributed by atoms with Crippen LogP contribution in [-0.2, 0) is 53.5 Å². The van der Waals surface area contributed by atoms with Crippen LogP contribution in [0.3, 0.4) is 0 Å². The molecule has 0 aliphatic heterocycles. The van der Waals surface area contributed by atoms with Crippen molar-refractivity contribution >= 4 is 200 Å². The molecule has 0 bridgehead atoms. The van der Waals surface area contributed by atoms with Crippen molar-refractivity contribution in [3.05, 3.63) is 70.8 Å². The normalized spacial score (nSPS) is 11.2. The molecule has 10 N–H and O–H groups in total. The summed E-state index contributed by atoms with van der Waals surface area (Å²) >= 11 is 21.2. The van der Waals surface area contributed by atoms with Crippen LogP contribution in [0.15, 0.2) is 55.4 Å². The SMILES string of the molecule is CC(=O)Nc1nc2cnc(-c3cnc(Cl)c(N(S(C)(=O)=O)S(C)(=O)=O)c3)nc2s1.CC(=O)Nc1nc2cnc(-c3cnc(Cl)c(N)c3)nc2s1.CC(=O)Nc1nc2cnc(-c3cnc(Cl)c(NS(C)(=O)=O)c3)nc2s1.CO.CS(=O)(=O)Cl.N. The molecule has 42 heteroatoms. The molecule has 0 radical (unpaired) electrons. The molecule has 31 nitrogen and oxygen atoms in total. The van der Waals surface area contributed by atoms with E-state index in [2.05, 4.69) is 91.2 Å². The molecule has 0 fully saturated rings. The third-order valence-electron chi connectivity index (χ3n) is 8.70. The third-order valence-corrected chi connectivity index (χ3v) is 16.1. The van der Waals surface area contributed by atoms with Crippen molar-refractivity contribution in [1.82, 2.24) is 66.0 Å². The average molecular weight is 1360 g/mol. The molecular formula is C41H43Cl4N19O12S7. The summed E-state index contributed by atoms with van der Waals surface area (Å²) in [5.74, 6) is 0.235. The van der Waals surface area contributed by atoms with Gasteiger partial charge in [0.15, 0.2) is 48.3 Å². The van der Waals surface area contributed by atoms with Gasteiger partial charge in [-0.2, -0.15) is 3.71 Å². The summed E-state index contributed by atoms with van der Waals surface area (Å²) in [4.78, 5) is 85.0. The highest BCUT2D eigenvalue weighted by Gasteiger charge is 2.30. The number of pyridine rings is 3. The van der Waals surface area contributed by atoms with Gasteiger partial charge in [-0.25, -0.2) is 93.5 Å². The number of carbonyl (C=O) groups is 3. The molecule has 0 saturated carbocycles. The molecule has 9 aromatic rings. The Hall–Kier alpha value is -6.95. The Morgan fingerprint density at radius 1 is 0.518 bits per heavy atom. The lowest BCUT2D eigenvalue weighted by atomic mass is 10.2. The van der Waals surface area contributed by atoms with Crippen molar-refractivity contribution < 1.29 is 53.2 Å². The third kappa shape index (κ3) is 20.4. The van der Waals surface area contributed by atoms with Crippen molar-refractivity contribution in [3.63, 3.8) is 0 Å². The van der Waals surface area contributed by atoms with Crippen molar-refractivity contribution in [1.29, 1.82) is 0 Å². The molecule has 3 amide bonds. The molecule has 83 heavy (non-hydrogen) atoms. The van der Waals surface area contributed by atoms with Gasteiger partial charge in [-0.05, 0) is 18.2 Å². The van der Waals surface area contributed by atoms with E-state index in [9.17, 15) is 48.1 Å². The first-order chi connectivity index (χ1) is 38.1. The predicted octanol–water partition coefficient (Wildman–Crippen LogP) is 5.91. The van der Waals surface area contributed by atoms with Gasteiger partial charge in [-0.3, -0.25) is 19.1 Å². The summed E-state index contributed by atoms with van der Waals surface area (Å²) in [6.07, 6.45) is 12.2. The van der Waals surface area contributed by atoms with E-state index in [0.29, 0.717) is 74.9 Å². The van der Waals surface area contributed by atoms with Gasteiger partial charge in [0.2, 0.25) is 56.8 Å². The Balaban J connectivity index is 0.000000254. The first-order valence-corrected chi connectivity index (χ1v) is 33.5. The topological polar surface area (TPSA) is 475 Å². The van der Waals surface area contributed by atoms with Crippen LogP contribution in [0.2, 0.25) is 15.5 Å². The number of nitrogens with one attached hydrogen (secondary N) is 4. The van der Waals surface area contributed by atoms with Gasteiger partial charge in [0.25, 0.3) is 0 Å². The average Bonchev–Trinajstić information content (AvgIpc) is 4.11. The van der Waals surface area contributed by atoms with Crippen molar-refractivity contribution in [2.45, 2.75) is 20.8 Å². The highest BCUT2D eigenvalue weighted by atomic mass is 35.7. The summed E-state index contributed by atoms with van der Waals surface area (Å²) < 4.78 is 92.2. The molecule has 0 saturated heterocycles. The number of aromatic nitrogens is 12. The Bertz CT molecular complexity index is 4330. The molecule has 9 heterocycles. The van der Waals surface area contributed by atoms with E-state index in [0.717, 1.165) is 43.5 Å². The van der Waals surface area contributed by atoms with E-state index < -0.39 is 39.1 Å². The zero-order chi connectivity index (χ0) is 61.2. The number of carbonyl (C=O) groups excluding carboxylic acids is 3. The fourth-order valence-electron chi connectivity index (χ4n) is 5.95. The fourth-order valence-corrected chi connectivity index (χ4v) is 12.6. The second-order valence-corrected chi connectivity index (χ2v) is 28.4. The predicted molar refractivity (Wildman–Crippen MR) is 322 cm³/mol. The van der Waals surface area contributed by atoms with Gasteiger partial charge < -0.3 is 32.9 Å². The fraction of sp³-hybridized carbons (Fsp3) is 0.195. The summed E-state index contributed by atoms with van der Waals surface area (Å²) in [5.41, 5.74) is 8.84. The number of fused-ring (bicyclic) bond motifs is 3. The summed E-state index contributed by atoms with van der Waals surface area (Å²) in [7, 11) is -9.61. The number of anilines is 6. The van der Waals surface area contributed by atoms with Gasteiger partial charge in [-0.15, -0.1) is 0 Å². The zero-order valence-corrected chi connectivity index (χ0v) is 52.3. The zero-order valence-electron chi connectivity index (χ0n) is 43.6. The van der Waals surface area contributed by atoms with Crippen LogP contribution < -0.4 is 36.3 Å². The van der Waals surface area contributed by atoms with E-state index in [4.69, 9.17) is 45.6 Å². The summed E-state index contributed by atoms with van der Waals surface area (Å²) in [6, 6.07) is 4.37. The second-order valence-electron chi connectivity index (χ2n) is 15.7. The highest BCUT2D eigenvalue weighted by molar-refractivity contribution is 8.13. The minimum absolute atomic E-state index is 0. The number of thiazole rings is 3. The molecular weight excluding hydrogens is 1320 g/mol. The van der Waals surface area contributed by atoms with Crippen LogP contribution in [0, 0.1) is 0 Å². The van der Waals surface area contributed by atoms with Gasteiger partial charge >= 0.3 is 0 Å². The van der Waals surface area contributed by atoms with E-state index >= 15 is 0 Å². The van der Waals surface area contributed by atoms with Crippen molar-refractivity contribution in [2.24, 2.45) is 0 Å². The number of aliphatic hydroxyl groups excluding tert-OH is 1. The van der Waals surface area contributed by atoms with Gasteiger partial charge in [0.1, 0.15) is 36.7 Å². The van der Waals surface area contributed by atoms with Crippen LogP contribution in [0.1, 0.15) is 20.8 Å². The van der Waals surface area contributed by atoms with Crippen LogP contribution in [0.5, 0.6) is 0 Å². The maximum Gasteiger partial charge on any atom is 0.245 e. The van der Waals surface area contributed by atoms with E-state index in [1.807, 2.05) is 0 Å². The monoisotopic (exact) mass is 1360 g/mol. The number of sulfonamides is 3. The number of hydrogen-bond acceptors (Lipinski definition) is 29. The summed E-state index contributed by atoms with van der Waals surface area (Å²) in [5, 5.41) is 15.9. The maximum absolute atomic E-state index is 12.0. The summed E-state index contributed by atoms with van der Waals surface area (Å²) in [6.45, 7) is 4.16. The first kappa shape index (κ1) is 68.5. The smallest absolute Gasteiger partial charge is 0.245 e. The Morgan fingerprint density at radius 3 is 1.17 bits per heavy atom. The number of nitrogens with zero attached hydrogens (tertiary/aromatic N) is 13. The first-order valence-electron chi connectivity index (χ1n) is 21.6. The van der Waals surface area contributed by atoms with Gasteiger partial charge in [0, 0.05) is 73.8 Å². The van der Waals surface area contributed by atoms with Crippen molar-refractivity contribution in [3.8, 4) is 34.2 Å². The highest BCUT2D eigenvalue weighted by Crippen LogP contribution is 2.34. The van der Waals surface area contributed by atoms with Crippen LogP contribution in [0.4, 0.5) is 32.5 Å². The maximum atomic E-state index is 12.0. The number of nitrogen functional groups attached to an aromatic ring is 1. The molecule has 0 aliphatic carbocycles. The molecule has 0 unspecified atom stereocenters. The minimum Gasteiger partial charge on any atom is -0.400 e. The van der Waals surface area contributed by atoms with E-state index in [1.165, 1.54) is 80.4 Å². The quantitative estimate of drug-likeness (QED) is 0.0584. The molecule has 9 aromatic heterocycles. The molecule has 9 rings (SSSR count). The van der Waals surface area contributed by atoms with Crippen molar-refractivity contribution in [2.75, 3.05) is 62.2 Å². The molecule has 0 aliphatic rings. The van der Waals surface area contributed by atoms with E-state index in [-0.39, 0.29) is 65.8 Å². The van der Waals surface area contributed by atoms with Gasteiger partial charge in [0.05, 0.1) is 55.0 Å². The Kier molecular flexibility index (Phi) is 23.6.